The summed E-state index contributed by atoms with van der Waals surface area (Å²) in [5, 5.41) is 3.32. The van der Waals surface area contributed by atoms with E-state index in [0.29, 0.717) is 12.6 Å². The Hall–Kier alpha value is -2.02. The molecule has 0 spiro atoms. The number of nitrogens with zero attached hydrogens (tertiary/aromatic N) is 2. The Kier molecular flexibility index (Phi) is 5.30. The van der Waals surface area contributed by atoms with Gasteiger partial charge in [0.1, 0.15) is 11.6 Å². The Morgan fingerprint density at radius 3 is 2.39 bits per heavy atom. The maximum absolute atomic E-state index is 12.1. The second-order valence-corrected chi connectivity index (χ2v) is 5.56. The smallest absolute Gasteiger partial charge is 0.406 e. The van der Waals surface area contributed by atoms with Crippen molar-refractivity contribution in [1.82, 2.24) is 14.9 Å². The fraction of sp³-hybridized carbons (Fsp3) is 0.438. The Labute approximate surface area is 133 Å². The molecule has 23 heavy (non-hydrogen) atoms. The van der Waals surface area contributed by atoms with Gasteiger partial charge in [-0.3, -0.25) is 0 Å². The highest BCUT2D eigenvalue weighted by molar-refractivity contribution is 5.29. The fourth-order valence-corrected chi connectivity index (χ4v) is 2.27. The van der Waals surface area contributed by atoms with Crippen molar-refractivity contribution >= 4 is 0 Å². The summed E-state index contributed by atoms with van der Waals surface area (Å²) in [6.07, 6.45) is -0.986. The van der Waals surface area contributed by atoms with Gasteiger partial charge in [0.05, 0.1) is 6.54 Å². The molecule has 2 aromatic rings. The van der Waals surface area contributed by atoms with E-state index in [1.54, 1.807) is 18.3 Å². The van der Waals surface area contributed by atoms with E-state index in [9.17, 15) is 13.2 Å². The number of hydrogen-bond donors (Lipinski definition) is 1. The van der Waals surface area contributed by atoms with Crippen molar-refractivity contribution < 1.29 is 17.9 Å². The van der Waals surface area contributed by atoms with Crippen molar-refractivity contribution in [2.45, 2.75) is 45.8 Å². The lowest BCUT2D eigenvalue weighted by molar-refractivity contribution is -0.274. The molecule has 0 radical (unpaired) electrons. The SMILES string of the molecule is CC(C)n1ccnc1CN[C@@H](C)c1ccc(OC(F)(F)F)cc1. The van der Waals surface area contributed by atoms with Crippen LogP contribution < -0.4 is 10.1 Å². The van der Waals surface area contributed by atoms with Crippen LogP contribution in [0.3, 0.4) is 0 Å². The van der Waals surface area contributed by atoms with E-state index in [1.807, 2.05) is 13.1 Å². The summed E-state index contributed by atoms with van der Waals surface area (Å²) in [5.74, 6) is 0.702. The summed E-state index contributed by atoms with van der Waals surface area (Å²) in [6.45, 7) is 6.68. The fourth-order valence-electron chi connectivity index (χ4n) is 2.27. The number of alkyl halides is 3. The summed E-state index contributed by atoms with van der Waals surface area (Å²) < 4.78 is 42.3. The summed E-state index contributed by atoms with van der Waals surface area (Å²) in [7, 11) is 0. The zero-order valence-corrected chi connectivity index (χ0v) is 13.3. The van der Waals surface area contributed by atoms with E-state index in [4.69, 9.17) is 0 Å². The molecule has 0 unspecified atom stereocenters. The number of ether oxygens (including phenoxy) is 1. The molecule has 2 rings (SSSR count). The molecule has 126 valence electrons. The molecule has 1 heterocycles. The summed E-state index contributed by atoms with van der Waals surface area (Å²) in [6, 6.07) is 6.17. The number of benzene rings is 1. The monoisotopic (exact) mass is 327 g/mol. The van der Waals surface area contributed by atoms with Gasteiger partial charge in [-0.15, -0.1) is 13.2 Å². The third-order valence-electron chi connectivity index (χ3n) is 3.49. The zero-order valence-electron chi connectivity index (χ0n) is 13.3. The molecule has 0 saturated heterocycles. The average molecular weight is 327 g/mol. The third-order valence-corrected chi connectivity index (χ3v) is 3.49. The molecule has 1 N–H and O–H groups in total. The van der Waals surface area contributed by atoms with Crippen molar-refractivity contribution in [2.75, 3.05) is 0 Å². The number of hydrogen-bond acceptors (Lipinski definition) is 3. The lowest BCUT2D eigenvalue weighted by Gasteiger charge is -2.17. The molecular formula is C16H20F3N3O. The Bertz CT molecular complexity index is 620. The van der Waals surface area contributed by atoms with E-state index >= 15 is 0 Å². The van der Waals surface area contributed by atoms with Gasteiger partial charge >= 0.3 is 6.36 Å². The van der Waals surface area contributed by atoms with Gasteiger partial charge in [-0.25, -0.2) is 4.98 Å². The van der Waals surface area contributed by atoms with E-state index in [1.165, 1.54) is 12.1 Å². The van der Waals surface area contributed by atoms with E-state index in [2.05, 4.69) is 33.5 Å². The van der Waals surface area contributed by atoms with Gasteiger partial charge in [-0.1, -0.05) is 12.1 Å². The van der Waals surface area contributed by atoms with Crippen LogP contribution in [0.4, 0.5) is 13.2 Å². The molecule has 0 fully saturated rings. The Morgan fingerprint density at radius 1 is 1.17 bits per heavy atom. The minimum absolute atomic E-state index is 0.0211. The van der Waals surface area contributed by atoms with E-state index < -0.39 is 6.36 Å². The molecule has 0 bridgehead atoms. The number of halogens is 3. The van der Waals surface area contributed by atoms with Crippen LogP contribution >= 0.6 is 0 Å². The van der Waals surface area contributed by atoms with Crippen molar-refractivity contribution in [3.63, 3.8) is 0 Å². The Balaban J connectivity index is 1.95. The molecule has 0 amide bonds. The Morgan fingerprint density at radius 2 is 1.83 bits per heavy atom. The first kappa shape index (κ1) is 17.3. The van der Waals surface area contributed by atoms with Crippen molar-refractivity contribution in [3.05, 3.63) is 48.0 Å². The first-order valence-electron chi connectivity index (χ1n) is 7.37. The summed E-state index contributed by atoms with van der Waals surface area (Å²) >= 11 is 0. The molecule has 0 aliphatic carbocycles. The third kappa shape index (κ3) is 4.99. The molecule has 1 atom stereocenters. The first-order chi connectivity index (χ1) is 10.8. The van der Waals surface area contributed by atoms with E-state index in [0.717, 1.165) is 11.4 Å². The first-order valence-corrected chi connectivity index (χ1v) is 7.37. The predicted octanol–water partition coefficient (Wildman–Crippen LogP) is 4.21. The van der Waals surface area contributed by atoms with Crippen molar-refractivity contribution in [3.8, 4) is 5.75 Å². The second kappa shape index (κ2) is 7.04. The quantitative estimate of drug-likeness (QED) is 0.864. The van der Waals surface area contributed by atoms with Crippen LogP contribution in [0.15, 0.2) is 36.7 Å². The van der Waals surface area contributed by atoms with Gasteiger partial charge in [0.25, 0.3) is 0 Å². The standard InChI is InChI=1S/C16H20F3N3O/c1-11(2)22-9-8-20-15(22)10-21-12(3)13-4-6-14(7-5-13)23-16(17,18)19/h4-9,11-12,21H,10H2,1-3H3/t12-/m0/s1. The lowest BCUT2D eigenvalue weighted by Crippen LogP contribution is -2.21. The molecule has 1 aromatic carbocycles. The van der Waals surface area contributed by atoms with Crippen LogP contribution in [0.2, 0.25) is 0 Å². The van der Waals surface area contributed by atoms with Gasteiger partial charge in [-0.2, -0.15) is 0 Å². The number of imidazole rings is 1. The molecule has 0 aliphatic heterocycles. The highest BCUT2D eigenvalue weighted by Gasteiger charge is 2.31. The van der Waals surface area contributed by atoms with Gasteiger partial charge in [0.2, 0.25) is 0 Å². The van der Waals surface area contributed by atoms with Crippen molar-refractivity contribution in [1.29, 1.82) is 0 Å². The molecule has 1 aromatic heterocycles. The van der Waals surface area contributed by atoms with Crippen LogP contribution in [0.25, 0.3) is 0 Å². The predicted molar refractivity (Wildman–Crippen MR) is 81.0 cm³/mol. The zero-order chi connectivity index (χ0) is 17.0. The minimum atomic E-state index is -4.67. The molecule has 0 aliphatic rings. The van der Waals surface area contributed by atoms with Gasteiger partial charge in [-0.05, 0) is 38.5 Å². The lowest BCUT2D eigenvalue weighted by atomic mass is 10.1. The van der Waals surface area contributed by atoms with Crippen LogP contribution in [0, 0.1) is 0 Å². The highest BCUT2D eigenvalue weighted by Crippen LogP contribution is 2.24. The van der Waals surface area contributed by atoms with Gasteiger partial charge < -0.3 is 14.6 Å². The minimum Gasteiger partial charge on any atom is -0.406 e. The number of rotatable bonds is 6. The molecule has 4 nitrogen and oxygen atoms in total. The topological polar surface area (TPSA) is 39.1 Å². The molecule has 7 heteroatoms. The number of aromatic nitrogens is 2. The molecule has 0 saturated carbocycles. The molecular weight excluding hydrogens is 307 g/mol. The second-order valence-electron chi connectivity index (χ2n) is 5.56. The van der Waals surface area contributed by atoms with Crippen LogP contribution in [-0.4, -0.2) is 15.9 Å². The van der Waals surface area contributed by atoms with Crippen LogP contribution in [0.5, 0.6) is 5.75 Å². The maximum atomic E-state index is 12.1. The van der Waals surface area contributed by atoms with Gasteiger partial charge in [0.15, 0.2) is 0 Å². The van der Waals surface area contributed by atoms with Crippen molar-refractivity contribution in [2.24, 2.45) is 0 Å². The van der Waals surface area contributed by atoms with E-state index in [-0.39, 0.29) is 11.8 Å². The highest BCUT2D eigenvalue weighted by atomic mass is 19.4. The summed E-state index contributed by atoms with van der Waals surface area (Å²) in [5.41, 5.74) is 0.877. The summed E-state index contributed by atoms with van der Waals surface area (Å²) in [4.78, 5) is 4.31. The number of nitrogens with one attached hydrogen (secondary N) is 1. The maximum Gasteiger partial charge on any atom is 0.573 e. The largest absolute Gasteiger partial charge is 0.573 e. The average Bonchev–Trinajstić information content (AvgIpc) is 2.92. The van der Waals surface area contributed by atoms with Crippen LogP contribution in [-0.2, 0) is 6.54 Å². The van der Waals surface area contributed by atoms with Crippen LogP contribution in [0.1, 0.15) is 44.2 Å². The van der Waals surface area contributed by atoms with Gasteiger partial charge in [0, 0.05) is 24.5 Å². The normalized spacial score (nSPS) is 13.3.